The van der Waals surface area contributed by atoms with Gasteiger partial charge in [-0.3, -0.25) is 9.89 Å². The number of carbonyl (C=O) groups excluding carboxylic acids is 1. The van der Waals surface area contributed by atoms with Crippen LogP contribution in [0.3, 0.4) is 0 Å². The number of aromatic amines is 1. The zero-order chi connectivity index (χ0) is 17.6. The predicted octanol–water partition coefficient (Wildman–Crippen LogP) is 3.54. The van der Waals surface area contributed by atoms with Gasteiger partial charge in [-0.1, -0.05) is 19.8 Å². The van der Waals surface area contributed by atoms with Gasteiger partial charge >= 0.3 is 0 Å². The summed E-state index contributed by atoms with van der Waals surface area (Å²) in [7, 11) is 0. The zero-order valence-corrected chi connectivity index (χ0v) is 14.4. The molecule has 0 unspecified atom stereocenters. The largest absolute Gasteiger partial charge is 0.376 e. The molecular weight excluding hydrogens is 321 g/mol. The number of aromatic nitrogens is 2. The highest BCUT2D eigenvalue weighted by molar-refractivity contribution is 5.99. The number of amides is 1. The number of hydrogen-bond donors (Lipinski definition) is 2. The number of rotatable bonds is 6. The van der Waals surface area contributed by atoms with Crippen LogP contribution in [-0.2, 0) is 4.74 Å². The summed E-state index contributed by atoms with van der Waals surface area (Å²) in [5.74, 6) is 0.0557. The average molecular weight is 345 g/mol. The van der Waals surface area contributed by atoms with Gasteiger partial charge in [-0.25, -0.2) is 4.39 Å². The first-order valence-corrected chi connectivity index (χ1v) is 8.84. The molecule has 1 amide bonds. The first-order valence-electron chi connectivity index (χ1n) is 8.84. The fourth-order valence-electron chi connectivity index (χ4n) is 3.29. The average Bonchev–Trinajstić information content (AvgIpc) is 3.10. The third kappa shape index (κ3) is 4.45. The van der Waals surface area contributed by atoms with Crippen molar-refractivity contribution in [2.45, 2.75) is 38.7 Å². The molecule has 0 spiro atoms. The molecule has 1 aliphatic rings. The molecule has 3 rings (SSSR count). The molecule has 6 heteroatoms. The van der Waals surface area contributed by atoms with Crippen molar-refractivity contribution >= 4 is 5.91 Å². The van der Waals surface area contributed by atoms with Gasteiger partial charge in [0.1, 0.15) is 5.82 Å². The number of H-pyrrole nitrogens is 1. The van der Waals surface area contributed by atoms with Gasteiger partial charge in [0.05, 0.1) is 30.2 Å². The third-order valence-corrected chi connectivity index (χ3v) is 4.77. The van der Waals surface area contributed by atoms with Crippen molar-refractivity contribution in [3.05, 3.63) is 41.8 Å². The molecule has 134 valence electrons. The summed E-state index contributed by atoms with van der Waals surface area (Å²) in [6.45, 7) is 3.18. The monoisotopic (exact) mass is 345 g/mol. The summed E-state index contributed by atoms with van der Waals surface area (Å²) in [6.07, 6.45) is 6.60. The van der Waals surface area contributed by atoms with Crippen LogP contribution < -0.4 is 5.32 Å². The Morgan fingerprint density at radius 1 is 1.32 bits per heavy atom. The summed E-state index contributed by atoms with van der Waals surface area (Å²) in [4.78, 5) is 12.4. The maximum atomic E-state index is 13.1. The van der Waals surface area contributed by atoms with Gasteiger partial charge in [0.15, 0.2) is 0 Å². The van der Waals surface area contributed by atoms with E-state index < -0.39 is 0 Å². The Bertz CT molecular complexity index is 699. The number of nitrogens with zero attached hydrogens (tertiary/aromatic N) is 1. The summed E-state index contributed by atoms with van der Waals surface area (Å²) in [5.41, 5.74) is 1.74. The second kappa shape index (κ2) is 8.25. The molecule has 2 aromatic rings. The molecule has 0 radical (unpaired) electrons. The quantitative estimate of drug-likeness (QED) is 0.787. The Morgan fingerprint density at radius 3 is 2.84 bits per heavy atom. The summed E-state index contributed by atoms with van der Waals surface area (Å²) in [5, 5.41) is 9.61. The van der Waals surface area contributed by atoms with Crippen molar-refractivity contribution in [2.75, 3.05) is 13.2 Å². The van der Waals surface area contributed by atoms with E-state index in [-0.39, 0.29) is 11.7 Å². The zero-order valence-electron chi connectivity index (χ0n) is 14.4. The minimum atomic E-state index is -0.316. The van der Waals surface area contributed by atoms with E-state index in [1.807, 2.05) is 0 Å². The van der Waals surface area contributed by atoms with Gasteiger partial charge in [0.2, 0.25) is 0 Å². The summed E-state index contributed by atoms with van der Waals surface area (Å²) in [6, 6.07) is 5.95. The summed E-state index contributed by atoms with van der Waals surface area (Å²) < 4.78 is 19.0. The lowest BCUT2D eigenvalue weighted by atomic mass is 9.88. The van der Waals surface area contributed by atoms with E-state index in [0.29, 0.717) is 36.4 Å². The van der Waals surface area contributed by atoms with Crippen molar-refractivity contribution in [3.8, 4) is 11.3 Å². The number of hydrogen-bond acceptors (Lipinski definition) is 3. The number of nitrogens with one attached hydrogen (secondary N) is 2. The van der Waals surface area contributed by atoms with Crippen LogP contribution in [0.1, 0.15) is 43.0 Å². The van der Waals surface area contributed by atoms with E-state index >= 15 is 0 Å². The molecule has 1 fully saturated rings. The molecule has 2 atom stereocenters. The first kappa shape index (κ1) is 17.6. The number of ether oxygens (including phenoxy) is 1. The van der Waals surface area contributed by atoms with Crippen LogP contribution in [0.15, 0.2) is 30.5 Å². The predicted molar refractivity (Wildman–Crippen MR) is 93.7 cm³/mol. The highest BCUT2D eigenvalue weighted by Gasteiger charge is 2.21. The Balaban J connectivity index is 1.52. The van der Waals surface area contributed by atoms with Crippen molar-refractivity contribution in [1.29, 1.82) is 0 Å². The second-order valence-corrected chi connectivity index (χ2v) is 6.59. The van der Waals surface area contributed by atoms with E-state index in [0.717, 1.165) is 12.0 Å². The molecule has 5 nitrogen and oxygen atoms in total. The van der Waals surface area contributed by atoms with E-state index in [1.54, 1.807) is 12.1 Å². The fourth-order valence-corrected chi connectivity index (χ4v) is 3.29. The topological polar surface area (TPSA) is 67.0 Å². The molecule has 25 heavy (non-hydrogen) atoms. The van der Waals surface area contributed by atoms with Crippen molar-refractivity contribution in [1.82, 2.24) is 15.5 Å². The van der Waals surface area contributed by atoms with Crippen LogP contribution in [-0.4, -0.2) is 35.4 Å². The smallest absolute Gasteiger partial charge is 0.255 e. The lowest BCUT2D eigenvalue weighted by Crippen LogP contribution is -2.31. The highest BCUT2D eigenvalue weighted by atomic mass is 19.1. The standard InChI is InChI=1S/C19H24FN3O2/c1-13-4-2-3-5-17(13)25-11-10-21-19(24)16-12-22-23-18(16)14-6-8-15(20)9-7-14/h6-9,12-13,17H,2-5,10-11H2,1H3,(H,21,24)(H,22,23)/t13-,17+/m0/s1. The van der Waals surface area contributed by atoms with Gasteiger partial charge in [-0.05, 0) is 43.0 Å². The highest BCUT2D eigenvalue weighted by Crippen LogP contribution is 2.26. The molecule has 1 aromatic heterocycles. The Labute approximate surface area is 147 Å². The first-order chi connectivity index (χ1) is 12.1. The molecule has 1 aliphatic carbocycles. The number of benzene rings is 1. The Morgan fingerprint density at radius 2 is 2.08 bits per heavy atom. The van der Waals surface area contributed by atoms with Crippen molar-refractivity contribution in [2.24, 2.45) is 5.92 Å². The van der Waals surface area contributed by atoms with Gasteiger partial charge in [0, 0.05) is 12.1 Å². The van der Waals surface area contributed by atoms with Crippen LogP contribution in [0.2, 0.25) is 0 Å². The van der Waals surface area contributed by atoms with Gasteiger partial charge in [-0.15, -0.1) is 0 Å². The maximum Gasteiger partial charge on any atom is 0.255 e. The van der Waals surface area contributed by atoms with Gasteiger partial charge < -0.3 is 10.1 Å². The van der Waals surface area contributed by atoms with Gasteiger partial charge in [-0.2, -0.15) is 5.10 Å². The lowest BCUT2D eigenvalue weighted by molar-refractivity contribution is -0.00293. The Kier molecular flexibility index (Phi) is 5.81. The van der Waals surface area contributed by atoms with E-state index in [9.17, 15) is 9.18 Å². The molecule has 1 aromatic carbocycles. The van der Waals surface area contributed by atoms with E-state index in [2.05, 4.69) is 22.4 Å². The Hall–Kier alpha value is -2.21. The van der Waals surface area contributed by atoms with Crippen LogP contribution in [0.5, 0.6) is 0 Å². The molecule has 0 bridgehead atoms. The summed E-state index contributed by atoms with van der Waals surface area (Å²) >= 11 is 0. The van der Waals surface area contributed by atoms with Gasteiger partial charge in [0.25, 0.3) is 5.91 Å². The molecule has 2 N–H and O–H groups in total. The van der Waals surface area contributed by atoms with Crippen LogP contribution in [0, 0.1) is 11.7 Å². The normalized spacial score (nSPS) is 20.4. The maximum absolute atomic E-state index is 13.1. The molecular formula is C19H24FN3O2. The molecule has 1 heterocycles. The van der Waals surface area contributed by atoms with Crippen LogP contribution in [0.25, 0.3) is 11.3 Å². The lowest BCUT2D eigenvalue weighted by Gasteiger charge is -2.28. The van der Waals surface area contributed by atoms with Crippen LogP contribution in [0.4, 0.5) is 4.39 Å². The van der Waals surface area contributed by atoms with Crippen LogP contribution >= 0.6 is 0 Å². The van der Waals surface area contributed by atoms with Crippen molar-refractivity contribution < 1.29 is 13.9 Å². The SMILES string of the molecule is C[C@H]1CCCC[C@H]1OCCNC(=O)c1cn[nH]c1-c1ccc(F)cc1. The van der Waals surface area contributed by atoms with E-state index in [4.69, 9.17) is 4.74 Å². The second-order valence-electron chi connectivity index (χ2n) is 6.59. The minimum absolute atomic E-state index is 0.214. The molecule has 0 saturated heterocycles. The third-order valence-electron chi connectivity index (χ3n) is 4.77. The molecule has 0 aliphatic heterocycles. The number of carbonyl (C=O) groups is 1. The van der Waals surface area contributed by atoms with Crippen molar-refractivity contribution in [3.63, 3.8) is 0 Å². The minimum Gasteiger partial charge on any atom is -0.376 e. The number of halogens is 1. The van der Waals surface area contributed by atoms with E-state index in [1.165, 1.54) is 37.6 Å². The molecule has 1 saturated carbocycles. The fraction of sp³-hybridized carbons (Fsp3) is 0.474.